The van der Waals surface area contributed by atoms with Crippen molar-refractivity contribution in [3.05, 3.63) is 59.4 Å². The van der Waals surface area contributed by atoms with Crippen molar-refractivity contribution in [1.29, 1.82) is 0 Å². The first-order chi connectivity index (χ1) is 13.6. The number of hydrogen-bond donors (Lipinski definition) is 1. The first-order valence-electron chi connectivity index (χ1n) is 8.92. The van der Waals surface area contributed by atoms with E-state index in [0.717, 1.165) is 11.1 Å². The van der Waals surface area contributed by atoms with Crippen LogP contribution in [0.1, 0.15) is 16.5 Å². The van der Waals surface area contributed by atoms with Crippen molar-refractivity contribution in [3.63, 3.8) is 0 Å². The number of ether oxygens (including phenoxy) is 2. The lowest BCUT2D eigenvalue weighted by Crippen LogP contribution is -2.39. The lowest BCUT2D eigenvalue weighted by atomic mass is 10.1. The summed E-state index contributed by atoms with van der Waals surface area (Å²) in [6.07, 6.45) is 0. The Bertz CT molecular complexity index is 890. The minimum atomic E-state index is -0.322. The molecule has 2 heterocycles. The zero-order chi connectivity index (χ0) is 19.5. The van der Waals surface area contributed by atoms with E-state index in [-0.39, 0.29) is 36.1 Å². The van der Waals surface area contributed by atoms with Gasteiger partial charge in [0.25, 0.3) is 0 Å². The number of carbonyl (C=O) groups is 2. The third-order valence-corrected chi connectivity index (χ3v) is 5.79. The standard InChI is InChI=1S/C20H19FN2O4S/c21-15-4-1-13(2-5-15)10-22-18(24)11-23-19(25)12-28-20(23)14-3-6-16-17(9-14)27-8-7-26-16/h1-6,9,20H,7-8,10-12H2,(H,22,24)/t20-/m0/s1. The molecule has 1 saturated heterocycles. The Morgan fingerprint density at radius 3 is 2.68 bits per heavy atom. The smallest absolute Gasteiger partial charge is 0.239 e. The van der Waals surface area contributed by atoms with Crippen LogP contribution in [0, 0.1) is 5.82 Å². The first-order valence-corrected chi connectivity index (χ1v) is 9.97. The van der Waals surface area contributed by atoms with Crippen molar-refractivity contribution < 1.29 is 23.5 Å². The summed E-state index contributed by atoms with van der Waals surface area (Å²) in [7, 11) is 0. The van der Waals surface area contributed by atoms with E-state index in [1.54, 1.807) is 17.0 Å². The predicted octanol–water partition coefficient (Wildman–Crippen LogP) is 2.49. The lowest BCUT2D eigenvalue weighted by Gasteiger charge is -2.25. The Morgan fingerprint density at radius 1 is 1.14 bits per heavy atom. The number of fused-ring (bicyclic) bond motifs is 1. The largest absolute Gasteiger partial charge is 0.486 e. The summed E-state index contributed by atoms with van der Waals surface area (Å²) >= 11 is 1.48. The third-order valence-electron chi connectivity index (χ3n) is 4.54. The van der Waals surface area contributed by atoms with Gasteiger partial charge in [0, 0.05) is 6.54 Å². The van der Waals surface area contributed by atoms with Crippen LogP contribution in [0.4, 0.5) is 4.39 Å². The molecule has 0 aliphatic carbocycles. The second kappa shape index (κ2) is 8.10. The molecule has 0 bridgehead atoms. The number of nitrogens with zero attached hydrogens (tertiary/aromatic N) is 1. The van der Waals surface area contributed by atoms with Gasteiger partial charge >= 0.3 is 0 Å². The average Bonchev–Trinajstić information content (AvgIpc) is 3.07. The molecule has 0 radical (unpaired) electrons. The van der Waals surface area contributed by atoms with E-state index in [9.17, 15) is 14.0 Å². The number of benzene rings is 2. The Labute approximate surface area is 166 Å². The van der Waals surface area contributed by atoms with Crippen LogP contribution in [0.25, 0.3) is 0 Å². The minimum Gasteiger partial charge on any atom is -0.486 e. The maximum Gasteiger partial charge on any atom is 0.239 e. The highest BCUT2D eigenvalue weighted by Gasteiger charge is 2.34. The molecule has 146 valence electrons. The van der Waals surface area contributed by atoms with E-state index in [1.807, 2.05) is 18.2 Å². The van der Waals surface area contributed by atoms with Crippen LogP contribution < -0.4 is 14.8 Å². The normalized spacial score (nSPS) is 18.2. The molecule has 0 saturated carbocycles. The summed E-state index contributed by atoms with van der Waals surface area (Å²) in [5.41, 5.74) is 1.69. The summed E-state index contributed by atoms with van der Waals surface area (Å²) in [6.45, 7) is 1.25. The SMILES string of the molecule is O=C(CN1C(=O)CS[C@H]1c1ccc2c(c1)OCCO2)NCc1ccc(F)cc1. The predicted molar refractivity (Wildman–Crippen MR) is 103 cm³/mol. The number of carbonyl (C=O) groups excluding carboxylic acids is 2. The van der Waals surface area contributed by atoms with Crippen LogP contribution in [0.2, 0.25) is 0 Å². The molecule has 1 fully saturated rings. The van der Waals surface area contributed by atoms with Crippen LogP contribution in [0.3, 0.4) is 0 Å². The van der Waals surface area contributed by atoms with Crippen molar-refractivity contribution in [2.24, 2.45) is 0 Å². The number of hydrogen-bond acceptors (Lipinski definition) is 5. The number of nitrogens with one attached hydrogen (secondary N) is 1. The molecule has 0 aromatic heterocycles. The molecule has 1 atom stereocenters. The molecule has 2 aliphatic heterocycles. The molecule has 2 aromatic carbocycles. The van der Waals surface area contributed by atoms with E-state index in [4.69, 9.17) is 9.47 Å². The van der Waals surface area contributed by atoms with Crippen LogP contribution in [0.15, 0.2) is 42.5 Å². The van der Waals surface area contributed by atoms with Crippen molar-refractivity contribution in [3.8, 4) is 11.5 Å². The molecule has 2 aromatic rings. The second-order valence-electron chi connectivity index (χ2n) is 6.49. The fourth-order valence-corrected chi connectivity index (χ4v) is 4.31. The number of amides is 2. The van der Waals surface area contributed by atoms with Gasteiger partial charge in [0.2, 0.25) is 11.8 Å². The third kappa shape index (κ3) is 4.06. The highest BCUT2D eigenvalue weighted by molar-refractivity contribution is 8.00. The van der Waals surface area contributed by atoms with Gasteiger partial charge in [-0.25, -0.2) is 4.39 Å². The van der Waals surface area contributed by atoms with Gasteiger partial charge in [0.05, 0.1) is 5.75 Å². The quantitative estimate of drug-likeness (QED) is 0.832. The van der Waals surface area contributed by atoms with Gasteiger partial charge in [-0.2, -0.15) is 0 Å². The zero-order valence-corrected chi connectivity index (χ0v) is 15.8. The molecule has 8 heteroatoms. The molecule has 6 nitrogen and oxygen atoms in total. The highest BCUT2D eigenvalue weighted by Crippen LogP contribution is 2.41. The van der Waals surface area contributed by atoms with Gasteiger partial charge in [-0.1, -0.05) is 18.2 Å². The summed E-state index contributed by atoms with van der Waals surface area (Å²) < 4.78 is 24.1. The molecule has 28 heavy (non-hydrogen) atoms. The van der Waals surface area contributed by atoms with Crippen LogP contribution >= 0.6 is 11.8 Å². The molecule has 0 unspecified atom stereocenters. The Hall–Kier alpha value is -2.74. The van der Waals surface area contributed by atoms with Crippen molar-refractivity contribution in [2.75, 3.05) is 25.5 Å². The van der Waals surface area contributed by atoms with Crippen molar-refractivity contribution in [1.82, 2.24) is 10.2 Å². The Kier molecular flexibility index (Phi) is 5.38. The fourth-order valence-electron chi connectivity index (χ4n) is 3.13. The van der Waals surface area contributed by atoms with Gasteiger partial charge < -0.3 is 19.7 Å². The van der Waals surface area contributed by atoms with Crippen LogP contribution in [-0.2, 0) is 16.1 Å². The van der Waals surface area contributed by atoms with E-state index < -0.39 is 0 Å². The Balaban J connectivity index is 1.41. The van der Waals surface area contributed by atoms with E-state index in [0.29, 0.717) is 30.5 Å². The molecular weight excluding hydrogens is 383 g/mol. The average molecular weight is 402 g/mol. The molecule has 2 aliphatic rings. The number of halogens is 1. The summed E-state index contributed by atoms with van der Waals surface area (Å²) in [4.78, 5) is 26.2. The minimum absolute atomic E-state index is 0.0356. The maximum absolute atomic E-state index is 13.0. The topological polar surface area (TPSA) is 67.9 Å². The summed E-state index contributed by atoms with van der Waals surface area (Å²) in [5, 5.41) is 2.53. The highest BCUT2D eigenvalue weighted by atomic mass is 32.2. The molecule has 0 spiro atoms. The number of thioether (sulfide) groups is 1. The van der Waals surface area contributed by atoms with Gasteiger partial charge in [-0.3, -0.25) is 9.59 Å². The van der Waals surface area contributed by atoms with E-state index >= 15 is 0 Å². The maximum atomic E-state index is 13.0. The van der Waals surface area contributed by atoms with Gasteiger partial charge in [0.1, 0.15) is 30.9 Å². The van der Waals surface area contributed by atoms with E-state index in [1.165, 1.54) is 23.9 Å². The number of rotatable bonds is 5. The summed E-state index contributed by atoms with van der Waals surface area (Å²) in [5.74, 6) is 1.00. The van der Waals surface area contributed by atoms with E-state index in [2.05, 4.69) is 5.32 Å². The van der Waals surface area contributed by atoms with Crippen molar-refractivity contribution in [2.45, 2.75) is 11.9 Å². The van der Waals surface area contributed by atoms with Crippen LogP contribution in [-0.4, -0.2) is 42.2 Å². The summed E-state index contributed by atoms with van der Waals surface area (Å²) in [6, 6.07) is 11.5. The monoisotopic (exact) mass is 402 g/mol. The zero-order valence-electron chi connectivity index (χ0n) is 15.0. The Morgan fingerprint density at radius 2 is 1.89 bits per heavy atom. The van der Waals surface area contributed by atoms with Crippen LogP contribution in [0.5, 0.6) is 11.5 Å². The molecule has 4 rings (SSSR count). The molecular formula is C20H19FN2O4S. The first kappa shape index (κ1) is 18.6. The van der Waals surface area contributed by atoms with Gasteiger partial charge in [-0.15, -0.1) is 11.8 Å². The van der Waals surface area contributed by atoms with Gasteiger partial charge in [-0.05, 0) is 35.4 Å². The molecule has 2 amide bonds. The van der Waals surface area contributed by atoms with Crippen molar-refractivity contribution >= 4 is 23.6 Å². The lowest BCUT2D eigenvalue weighted by molar-refractivity contribution is -0.133. The second-order valence-corrected chi connectivity index (χ2v) is 7.56. The fraction of sp³-hybridized carbons (Fsp3) is 0.300. The molecule has 1 N–H and O–H groups in total. The van der Waals surface area contributed by atoms with Gasteiger partial charge in [0.15, 0.2) is 11.5 Å².